The summed E-state index contributed by atoms with van der Waals surface area (Å²) in [6.07, 6.45) is -3.37. The van der Waals surface area contributed by atoms with Crippen LogP contribution in [0.3, 0.4) is 0 Å². The fraction of sp³-hybridized carbons (Fsp3) is 0.692. The molecule has 1 N–H and O–H groups in total. The second-order valence-electron chi connectivity index (χ2n) is 5.31. The van der Waals surface area contributed by atoms with Crippen molar-refractivity contribution in [3.8, 4) is 0 Å². The summed E-state index contributed by atoms with van der Waals surface area (Å²) in [5.74, 6) is -1.01. The van der Waals surface area contributed by atoms with Gasteiger partial charge in [0.1, 0.15) is 6.04 Å². The number of halogens is 3. The van der Waals surface area contributed by atoms with Crippen LogP contribution < -0.4 is 0 Å². The number of rotatable bonds is 3. The fourth-order valence-corrected chi connectivity index (χ4v) is 2.59. The zero-order chi connectivity index (χ0) is 15.6. The van der Waals surface area contributed by atoms with E-state index in [2.05, 4.69) is 5.10 Å². The van der Waals surface area contributed by atoms with Gasteiger partial charge in [-0.15, -0.1) is 0 Å². The number of aromatic nitrogens is 2. The molecule has 1 fully saturated rings. The van der Waals surface area contributed by atoms with Gasteiger partial charge in [0.15, 0.2) is 6.10 Å². The number of aliphatic hydroxyl groups is 1. The van der Waals surface area contributed by atoms with Crippen molar-refractivity contribution in [2.45, 2.75) is 38.1 Å². The first-order chi connectivity index (χ1) is 9.80. The van der Waals surface area contributed by atoms with Crippen LogP contribution in [0.4, 0.5) is 13.2 Å². The van der Waals surface area contributed by atoms with Gasteiger partial charge in [-0.25, -0.2) is 0 Å². The van der Waals surface area contributed by atoms with Gasteiger partial charge in [0.05, 0.1) is 0 Å². The molecule has 1 aromatic heterocycles. The van der Waals surface area contributed by atoms with Gasteiger partial charge >= 0.3 is 6.18 Å². The summed E-state index contributed by atoms with van der Waals surface area (Å²) in [5, 5.41) is 13.2. The third-order valence-electron chi connectivity index (χ3n) is 3.91. The van der Waals surface area contributed by atoms with Gasteiger partial charge in [-0.2, -0.15) is 18.3 Å². The SMILES string of the molecule is C[C@@H](C(=O)N1CCC([C@@H](O)C(F)(F)F)CC1)n1cccn1. The van der Waals surface area contributed by atoms with Crippen LogP contribution in [0.15, 0.2) is 18.5 Å². The summed E-state index contributed by atoms with van der Waals surface area (Å²) < 4.78 is 38.9. The smallest absolute Gasteiger partial charge is 0.383 e. The summed E-state index contributed by atoms with van der Waals surface area (Å²) in [4.78, 5) is 13.8. The lowest BCUT2D eigenvalue weighted by Crippen LogP contribution is -2.46. The standard InChI is InChI=1S/C13H18F3N3O2/c1-9(19-6-2-5-17-19)12(21)18-7-3-10(4-8-18)11(20)13(14,15)16/h2,5-6,9-11,20H,3-4,7-8H2,1H3/t9-,11+/m0/s1. The third kappa shape index (κ3) is 3.55. The topological polar surface area (TPSA) is 58.4 Å². The van der Waals surface area contributed by atoms with Gasteiger partial charge in [-0.3, -0.25) is 9.48 Å². The van der Waals surface area contributed by atoms with Crippen molar-refractivity contribution in [2.24, 2.45) is 5.92 Å². The minimum atomic E-state index is -4.60. The summed E-state index contributed by atoms with van der Waals surface area (Å²) >= 11 is 0. The Morgan fingerprint density at radius 3 is 2.48 bits per heavy atom. The number of amides is 1. The molecular formula is C13H18F3N3O2. The van der Waals surface area contributed by atoms with Crippen LogP contribution in [-0.2, 0) is 4.79 Å². The lowest BCUT2D eigenvalue weighted by atomic mass is 9.90. The predicted octanol–water partition coefficient (Wildman–Crippen LogP) is 1.61. The van der Waals surface area contributed by atoms with Crippen LogP contribution in [-0.4, -0.2) is 51.1 Å². The average molecular weight is 305 g/mol. The van der Waals surface area contributed by atoms with E-state index in [-0.39, 0.29) is 31.8 Å². The zero-order valence-corrected chi connectivity index (χ0v) is 11.6. The first-order valence-electron chi connectivity index (χ1n) is 6.83. The molecule has 0 unspecified atom stereocenters. The molecule has 0 radical (unpaired) electrons. The van der Waals surface area contributed by atoms with E-state index in [1.54, 1.807) is 25.4 Å². The van der Waals surface area contributed by atoms with E-state index in [1.807, 2.05) is 0 Å². The van der Waals surface area contributed by atoms with Gasteiger partial charge in [-0.1, -0.05) is 0 Å². The number of aliphatic hydroxyl groups excluding tert-OH is 1. The maximum Gasteiger partial charge on any atom is 0.414 e. The van der Waals surface area contributed by atoms with Crippen molar-refractivity contribution in [1.29, 1.82) is 0 Å². The number of carbonyl (C=O) groups is 1. The molecular weight excluding hydrogens is 287 g/mol. The highest BCUT2D eigenvalue weighted by molar-refractivity contribution is 5.80. The van der Waals surface area contributed by atoms with Crippen LogP contribution in [0.1, 0.15) is 25.8 Å². The Labute approximate surface area is 120 Å². The maximum atomic E-state index is 12.5. The second kappa shape index (κ2) is 6.05. The second-order valence-corrected chi connectivity index (χ2v) is 5.31. The van der Waals surface area contributed by atoms with Crippen molar-refractivity contribution in [2.75, 3.05) is 13.1 Å². The number of likely N-dealkylation sites (tertiary alicyclic amines) is 1. The van der Waals surface area contributed by atoms with Crippen LogP contribution >= 0.6 is 0 Å². The molecule has 1 aromatic rings. The molecule has 8 heteroatoms. The van der Waals surface area contributed by atoms with E-state index in [9.17, 15) is 23.1 Å². The van der Waals surface area contributed by atoms with E-state index >= 15 is 0 Å². The lowest BCUT2D eigenvalue weighted by molar-refractivity contribution is -0.223. The number of nitrogens with zero attached hydrogens (tertiary/aromatic N) is 3. The monoisotopic (exact) mass is 305 g/mol. The minimum Gasteiger partial charge on any atom is -0.383 e. The molecule has 1 amide bonds. The molecule has 1 aliphatic heterocycles. The highest BCUT2D eigenvalue weighted by Crippen LogP contribution is 2.32. The van der Waals surface area contributed by atoms with Crippen LogP contribution in [0.2, 0.25) is 0 Å². The molecule has 118 valence electrons. The van der Waals surface area contributed by atoms with Crippen molar-refractivity contribution in [3.63, 3.8) is 0 Å². The predicted molar refractivity (Wildman–Crippen MR) is 68.3 cm³/mol. The average Bonchev–Trinajstić information content (AvgIpc) is 2.98. The Morgan fingerprint density at radius 1 is 1.38 bits per heavy atom. The normalized spacial score (nSPS) is 20.3. The Kier molecular flexibility index (Phi) is 4.55. The Bertz CT molecular complexity index is 468. The van der Waals surface area contributed by atoms with Crippen LogP contribution in [0, 0.1) is 5.92 Å². The quantitative estimate of drug-likeness (QED) is 0.923. The van der Waals surface area contributed by atoms with Gasteiger partial charge in [-0.05, 0) is 31.7 Å². The van der Waals surface area contributed by atoms with E-state index in [1.165, 1.54) is 9.58 Å². The summed E-state index contributed by atoms with van der Waals surface area (Å²) in [6, 6.07) is 1.22. The Hall–Kier alpha value is -1.57. The van der Waals surface area contributed by atoms with Crippen LogP contribution in [0.25, 0.3) is 0 Å². The molecule has 1 saturated heterocycles. The van der Waals surface area contributed by atoms with E-state index in [0.717, 1.165) is 0 Å². The first-order valence-corrected chi connectivity index (χ1v) is 6.83. The van der Waals surface area contributed by atoms with Gasteiger partial charge in [0.2, 0.25) is 5.91 Å². The molecule has 0 aliphatic carbocycles. The van der Waals surface area contributed by atoms with Gasteiger partial charge in [0.25, 0.3) is 0 Å². The van der Waals surface area contributed by atoms with E-state index in [0.29, 0.717) is 0 Å². The summed E-state index contributed by atoms with van der Waals surface area (Å²) in [6.45, 7) is 2.15. The fourth-order valence-electron chi connectivity index (χ4n) is 2.59. The maximum absolute atomic E-state index is 12.5. The molecule has 2 heterocycles. The molecule has 1 aliphatic rings. The largest absolute Gasteiger partial charge is 0.414 e. The minimum absolute atomic E-state index is 0.151. The van der Waals surface area contributed by atoms with Crippen molar-refractivity contribution in [3.05, 3.63) is 18.5 Å². The summed E-state index contributed by atoms with van der Waals surface area (Å²) in [7, 11) is 0. The van der Waals surface area contributed by atoms with E-state index in [4.69, 9.17) is 0 Å². The third-order valence-corrected chi connectivity index (χ3v) is 3.91. The molecule has 0 saturated carbocycles. The molecule has 0 spiro atoms. The van der Waals surface area contributed by atoms with Crippen molar-refractivity contribution < 1.29 is 23.1 Å². The number of carbonyl (C=O) groups excluding carboxylic acids is 1. The summed E-state index contributed by atoms with van der Waals surface area (Å²) in [5.41, 5.74) is 0. The number of hydrogen-bond acceptors (Lipinski definition) is 3. The van der Waals surface area contributed by atoms with Crippen molar-refractivity contribution >= 4 is 5.91 Å². The zero-order valence-electron chi connectivity index (χ0n) is 11.6. The first kappa shape index (κ1) is 15.8. The Balaban J connectivity index is 1.90. The number of alkyl halides is 3. The Morgan fingerprint density at radius 2 is 2.00 bits per heavy atom. The van der Waals surface area contributed by atoms with E-state index < -0.39 is 24.2 Å². The molecule has 2 atom stereocenters. The lowest BCUT2D eigenvalue weighted by Gasteiger charge is -2.35. The van der Waals surface area contributed by atoms with Crippen molar-refractivity contribution in [1.82, 2.24) is 14.7 Å². The van der Waals surface area contributed by atoms with Crippen LogP contribution in [0.5, 0.6) is 0 Å². The number of hydrogen-bond donors (Lipinski definition) is 1. The molecule has 5 nitrogen and oxygen atoms in total. The highest BCUT2D eigenvalue weighted by atomic mass is 19.4. The van der Waals surface area contributed by atoms with Gasteiger partial charge in [0, 0.05) is 25.5 Å². The van der Waals surface area contributed by atoms with Gasteiger partial charge < -0.3 is 10.0 Å². The number of piperidine rings is 1. The highest BCUT2D eigenvalue weighted by Gasteiger charge is 2.44. The molecule has 2 rings (SSSR count). The molecule has 0 aromatic carbocycles. The molecule has 0 bridgehead atoms. The molecule has 21 heavy (non-hydrogen) atoms.